The Kier molecular flexibility index (Phi) is 4.77. The summed E-state index contributed by atoms with van der Waals surface area (Å²) in [5.41, 5.74) is 0.926. The quantitative estimate of drug-likeness (QED) is 0.707. The van der Waals surface area contributed by atoms with E-state index in [1.807, 2.05) is 17.8 Å². The van der Waals surface area contributed by atoms with Gasteiger partial charge in [0.2, 0.25) is 0 Å². The number of imidazole rings is 1. The Labute approximate surface area is 150 Å². The van der Waals surface area contributed by atoms with Crippen LogP contribution in [0.2, 0.25) is 0 Å². The van der Waals surface area contributed by atoms with Crippen LogP contribution in [0.15, 0.2) is 43.0 Å². The highest BCUT2D eigenvalue weighted by molar-refractivity contribution is 5.25. The molecule has 0 aliphatic carbocycles. The number of nitrogens with one attached hydrogen (secondary N) is 2. The first kappa shape index (κ1) is 16.9. The van der Waals surface area contributed by atoms with E-state index in [4.69, 9.17) is 4.74 Å². The standard InChI is InChI=1S/C18H21FN6O/c1-25-8-7-20-18(25)16-13(6-9-26-16)10-21-15(17-22-11-23-24-17)12-2-4-14(19)5-3-12/h2-5,7-8,11,13,15-16,21H,6,9-10H2,1H3,(H,22,23,24)/t13-,15?,16+/m0/s1. The Morgan fingerprint density at radius 1 is 1.35 bits per heavy atom. The normalized spacial score (nSPS) is 21.2. The summed E-state index contributed by atoms with van der Waals surface area (Å²) in [7, 11) is 1.98. The van der Waals surface area contributed by atoms with Gasteiger partial charge in [0.1, 0.15) is 29.9 Å². The van der Waals surface area contributed by atoms with E-state index >= 15 is 0 Å². The second kappa shape index (κ2) is 7.35. The third kappa shape index (κ3) is 3.38. The number of halogens is 1. The average Bonchev–Trinajstić information content (AvgIpc) is 3.38. The monoisotopic (exact) mass is 356 g/mol. The predicted molar refractivity (Wildman–Crippen MR) is 92.6 cm³/mol. The highest BCUT2D eigenvalue weighted by atomic mass is 19.1. The van der Waals surface area contributed by atoms with Gasteiger partial charge in [-0.05, 0) is 24.1 Å². The number of aromatic amines is 1. The summed E-state index contributed by atoms with van der Waals surface area (Å²) < 4.78 is 21.2. The molecule has 1 aromatic carbocycles. The van der Waals surface area contributed by atoms with Gasteiger partial charge >= 0.3 is 0 Å². The van der Waals surface area contributed by atoms with Crippen molar-refractivity contribution in [3.63, 3.8) is 0 Å². The largest absolute Gasteiger partial charge is 0.370 e. The number of rotatable bonds is 6. The van der Waals surface area contributed by atoms with E-state index in [9.17, 15) is 4.39 Å². The molecule has 0 amide bonds. The Bertz CT molecular complexity index is 832. The van der Waals surface area contributed by atoms with E-state index in [1.165, 1.54) is 18.5 Å². The number of ether oxygens (including phenoxy) is 1. The molecule has 0 bridgehead atoms. The number of aromatic nitrogens is 5. The molecule has 1 aliphatic heterocycles. The molecular weight excluding hydrogens is 335 g/mol. The van der Waals surface area contributed by atoms with Gasteiger partial charge < -0.3 is 14.6 Å². The summed E-state index contributed by atoms with van der Waals surface area (Å²) in [4.78, 5) is 8.71. The molecule has 4 rings (SSSR count). The molecule has 1 unspecified atom stereocenters. The molecule has 2 aromatic heterocycles. The van der Waals surface area contributed by atoms with Crippen molar-refractivity contribution in [2.24, 2.45) is 13.0 Å². The number of hydrogen-bond donors (Lipinski definition) is 2. The average molecular weight is 356 g/mol. The summed E-state index contributed by atoms with van der Waals surface area (Å²) >= 11 is 0. The summed E-state index contributed by atoms with van der Waals surface area (Å²) in [6, 6.07) is 6.24. The Morgan fingerprint density at radius 3 is 2.88 bits per heavy atom. The van der Waals surface area contributed by atoms with E-state index in [0.717, 1.165) is 24.4 Å². The van der Waals surface area contributed by atoms with Gasteiger partial charge in [0.15, 0.2) is 0 Å². The zero-order valence-corrected chi connectivity index (χ0v) is 14.5. The van der Waals surface area contributed by atoms with E-state index in [2.05, 4.69) is 25.5 Å². The zero-order chi connectivity index (χ0) is 17.9. The molecule has 7 nitrogen and oxygen atoms in total. The van der Waals surface area contributed by atoms with Crippen LogP contribution in [0.5, 0.6) is 0 Å². The second-order valence-electron chi connectivity index (χ2n) is 6.50. The van der Waals surface area contributed by atoms with Crippen LogP contribution in [0.1, 0.15) is 35.8 Å². The molecule has 1 saturated heterocycles. The zero-order valence-electron chi connectivity index (χ0n) is 14.5. The maximum absolute atomic E-state index is 13.3. The number of nitrogens with zero attached hydrogens (tertiary/aromatic N) is 4. The van der Waals surface area contributed by atoms with Gasteiger partial charge in [-0.25, -0.2) is 14.4 Å². The van der Waals surface area contributed by atoms with Crippen molar-refractivity contribution in [1.29, 1.82) is 0 Å². The van der Waals surface area contributed by atoms with Crippen LogP contribution < -0.4 is 5.32 Å². The maximum atomic E-state index is 13.3. The minimum Gasteiger partial charge on any atom is -0.370 e. The van der Waals surface area contributed by atoms with Crippen LogP contribution in [-0.2, 0) is 11.8 Å². The van der Waals surface area contributed by atoms with Crippen molar-refractivity contribution >= 4 is 0 Å². The highest BCUT2D eigenvalue weighted by Crippen LogP contribution is 2.33. The molecule has 3 aromatic rings. The fourth-order valence-electron chi connectivity index (χ4n) is 3.43. The summed E-state index contributed by atoms with van der Waals surface area (Å²) in [5, 5.41) is 10.4. The van der Waals surface area contributed by atoms with Crippen LogP contribution in [0.25, 0.3) is 0 Å². The number of aryl methyl sites for hydroxylation is 1. The van der Waals surface area contributed by atoms with E-state index in [1.54, 1.807) is 18.3 Å². The van der Waals surface area contributed by atoms with E-state index < -0.39 is 0 Å². The van der Waals surface area contributed by atoms with Gasteiger partial charge in [-0.15, -0.1) is 0 Å². The smallest absolute Gasteiger partial charge is 0.145 e. The lowest BCUT2D eigenvalue weighted by molar-refractivity contribution is 0.0807. The molecule has 3 heterocycles. The van der Waals surface area contributed by atoms with Crippen LogP contribution in [0.3, 0.4) is 0 Å². The number of hydrogen-bond acceptors (Lipinski definition) is 5. The minimum atomic E-state index is -0.260. The third-order valence-corrected chi connectivity index (χ3v) is 4.82. The van der Waals surface area contributed by atoms with Crippen LogP contribution in [0, 0.1) is 11.7 Å². The lowest BCUT2D eigenvalue weighted by atomic mass is 9.99. The Balaban J connectivity index is 1.51. The lowest BCUT2D eigenvalue weighted by Crippen LogP contribution is -2.30. The van der Waals surface area contributed by atoms with Gasteiger partial charge in [0.25, 0.3) is 0 Å². The van der Waals surface area contributed by atoms with Crippen molar-refractivity contribution in [3.8, 4) is 0 Å². The molecular formula is C18H21FN6O. The fourth-order valence-corrected chi connectivity index (χ4v) is 3.43. The van der Waals surface area contributed by atoms with Crippen LogP contribution in [0.4, 0.5) is 4.39 Å². The maximum Gasteiger partial charge on any atom is 0.145 e. The molecule has 0 spiro atoms. The lowest BCUT2D eigenvalue weighted by Gasteiger charge is -2.22. The fraction of sp³-hybridized carbons (Fsp3) is 0.389. The molecule has 136 valence electrons. The summed E-state index contributed by atoms with van der Waals surface area (Å²) in [6.45, 7) is 1.44. The first-order valence-corrected chi connectivity index (χ1v) is 8.65. The van der Waals surface area contributed by atoms with Gasteiger partial charge in [0, 0.05) is 38.5 Å². The van der Waals surface area contributed by atoms with Crippen molar-refractivity contribution in [3.05, 3.63) is 66.0 Å². The summed E-state index contributed by atoms with van der Waals surface area (Å²) in [6.07, 6.45) is 6.11. The number of H-pyrrole nitrogens is 1. The Hall–Kier alpha value is -2.58. The highest BCUT2D eigenvalue weighted by Gasteiger charge is 2.33. The van der Waals surface area contributed by atoms with Crippen molar-refractivity contribution in [1.82, 2.24) is 30.0 Å². The SMILES string of the molecule is Cn1ccnc1[C@@H]1OCC[C@H]1CNC(c1ccc(F)cc1)c1ncn[nH]1. The topological polar surface area (TPSA) is 80.7 Å². The second-order valence-corrected chi connectivity index (χ2v) is 6.50. The van der Waals surface area contributed by atoms with Gasteiger partial charge in [-0.2, -0.15) is 5.10 Å². The minimum absolute atomic E-state index is 0.0360. The molecule has 1 fully saturated rings. The van der Waals surface area contributed by atoms with Gasteiger partial charge in [0.05, 0.1) is 6.04 Å². The molecule has 0 saturated carbocycles. The van der Waals surface area contributed by atoms with E-state index in [-0.39, 0.29) is 18.0 Å². The van der Waals surface area contributed by atoms with Crippen molar-refractivity contribution in [2.75, 3.05) is 13.2 Å². The number of benzene rings is 1. The summed E-state index contributed by atoms with van der Waals surface area (Å²) in [5.74, 6) is 1.67. The first-order chi connectivity index (χ1) is 12.7. The predicted octanol–water partition coefficient (Wildman–Crippen LogP) is 2.13. The molecule has 8 heteroatoms. The van der Waals surface area contributed by atoms with Gasteiger partial charge in [-0.1, -0.05) is 12.1 Å². The Morgan fingerprint density at radius 2 is 2.19 bits per heavy atom. The van der Waals surface area contributed by atoms with E-state index in [0.29, 0.717) is 18.3 Å². The van der Waals surface area contributed by atoms with Crippen LogP contribution in [-0.4, -0.2) is 37.9 Å². The molecule has 0 radical (unpaired) electrons. The van der Waals surface area contributed by atoms with Gasteiger partial charge in [-0.3, -0.25) is 5.10 Å². The third-order valence-electron chi connectivity index (χ3n) is 4.82. The van der Waals surface area contributed by atoms with Crippen molar-refractivity contribution in [2.45, 2.75) is 18.6 Å². The molecule has 2 N–H and O–H groups in total. The van der Waals surface area contributed by atoms with Crippen molar-refractivity contribution < 1.29 is 9.13 Å². The first-order valence-electron chi connectivity index (χ1n) is 8.65. The molecule has 3 atom stereocenters. The molecule has 1 aliphatic rings. The van der Waals surface area contributed by atoms with Crippen LogP contribution >= 0.6 is 0 Å². The molecule has 26 heavy (non-hydrogen) atoms.